The van der Waals surface area contributed by atoms with Crippen LogP contribution in [0.5, 0.6) is 0 Å². The van der Waals surface area contributed by atoms with E-state index >= 15 is 0 Å². The predicted octanol–water partition coefficient (Wildman–Crippen LogP) is 1.14. The summed E-state index contributed by atoms with van der Waals surface area (Å²) in [5, 5.41) is 10.8. The Bertz CT molecular complexity index is 518. The third-order valence-electron chi connectivity index (χ3n) is 4.94. The van der Waals surface area contributed by atoms with E-state index in [1.54, 1.807) is 0 Å². The maximum atomic E-state index is 12.5. The Hall–Kier alpha value is -1.43. The molecular weight excluding hydrogens is 266 g/mol. The normalized spacial score (nSPS) is 29.8. The molecule has 4 rings (SSSR count). The van der Waals surface area contributed by atoms with Crippen molar-refractivity contribution in [2.24, 2.45) is 0 Å². The van der Waals surface area contributed by atoms with Crippen molar-refractivity contribution >= 4 is 5.91 Å². The topological polar surface area (TPSA) is 73.9 Å². The minimum atomic E-state index is 0.0397. The average Bonchev–Trinajstić information content (AvgIpc) is 3.05. The van der Waals surface area contributed by atoms with Gasteiger partial charge >= 0.3 is 0 Å². The van der Waals surface area contributed by atoms with Gasteiger partial charge < -0.3 is 10.2 Å². The summed E-state index contributed by atoms with van der Waals surface area (Å²) in [4.78, 5) is 19.2. The highest BCUT2D eigenvalue weighted by Crippen LogP contribution is 2.38. The van der Waals surface area contributed by atoms with Crippen molar-refractivity contribution in [2.75, 3.05) is 19.6 Å². The van der Waals surface area contributed by atoms with Crippen LogP contribution in [0.2, 0.25) is 0 Å². The average molecular weight is 289 g/mol. The van der Waals surface area contributed by atoms with Crippen LogP contribution in [-0.4, -0.2) is 51.7 Å². The molecule has 2 atom stereocenters. The largest absolute Gasteiger partial charge is 0.341 e. The minimum Gasteiger partial charge on any atom is -0.341 e. The maximum absolute atomic E-state index is 12.5. The Morgan fingerprint density at radius 2 is 2.05 bits per heavy atom. The molecule has 114 valence electrons. The molecule has 21 heavy (non-hydrogen) atoms. The van der Waals surface area contributed by atoms with E-state index in [0.717, 1.165) is 57.0 Å². The first-order chi connectivity index (χ1) is 10.3. The number of piperidine rings is 1. The van der Waals surface area contributed by atoms with Gasteiger partial charge in [-0.3, -0.25) is 9.89 Å². The van der Waals surface area contributed by atoms with Crippen molar-refractivity contribution in [2.45, 2.75) is 56.4 Å². The molecule has 6 nitrogen and oxygen atoms in total. The summed E-state index contributed by atoms with van der Waals surface area (Å²) < 4.78 is 0. The summed E-state index contributed by atoms with van der Waals surface area (Å²) in [6.07, 6.45) is 6.70. The molecule has 2 N–H and O–H groups in total. The Balaban J connectivity index is 1.42. The first-order valence-corrected chi connectivity index (χ1v) is 8.25. The van der Waals surface area contributed by atoms with Gasteiger partial charge in [0.25, 0.3) is 0 Å². The van der Waals surface area contributed by atoms with E-state index in [1.165, 1.54) is 12.8 Å². The molecule has 1 aliphatic carbocycles. The van der Waals surface area contributed by atoms with Gasteiger partial charge in [-0.25, -0.2) is 4.98 Å². The fraction of sp³-hybridized carbons (Fsp3) is 0.800. The maximum Gasteiger partial charge on any atom is 0.239 e. The monoisotopic (exact) mass is 289 g/mol. The van der Waals surface area contributed by atoms with Crippen LogP contribution in [-0.2, 0) is 4.79 Å². The van der Waals surface area contributed by atoms with Gasteiger partial charge in [-0.1, -0.05) is 0 Å². The van der Waals surface area contributed by atoms with Gasteiger partial charge in [0, 0.05) is 24.9 Å². The highest BCUT2D eigenvalue weighted by molar-refractivity contribution is 5.82. The van der Waals surface area contributed by atoms with Crippen molar-refractivity contribution in [3.63, 3.8) is 0 Å². The van der Waals surface area contributed by atoms with Crippen molar-refractivity contribution in [1.82, 2.24) is 25.4 Å². The molecule has 0 radical (unpaired) electrons. The molecule has 2 saturated heterocycles. The second-order valence-electron chi connectivity index (χ2n) is 6.63. The third-order valence-corrected chi connectivity index (χ3v) is 4.94. The molecule has 1 aromatic heterocycles. The van der Waals surface area contributed by atoms with Crippen LogP contribution in [0.3, 0.4) is 0 Å². The Morgan fingerprint density at radius 1 is 1.14 bits per heavy atom. The molecule has 3 aliphatic rings. The van der Waals surface area contributed by atoms with Crippen LogP contribution < -0.4 is 5.32 Å². The van der Waals surface area contributed by atoms with Gasteiger partial charge in [-0.05, 0) is 45.1 Å². The summed E-state index contributed by atoms with van der Waals surface area (Å²) in [5.41, 5.74) is 0. The molecule has 0 aromatic carbocycles. The molecule has 1 saturated carbocycles. The third kappa shape index (κ3) is 2.69. The molecule has 1 amide bonds. The number of likely N-dealkylation sites (tertiary alicyclic amines) is 1. The van der Waals surface area contributed by atoms with Crippen LogP contribution in [0.1, 0.15) is 62.0 Å². The zero-order chi connectivity index (χ0) is 14.2. The lowest BCUT2D eigenvalue weighted by Gasteiger charge is -2.33. The molecule has 2 unspecified atom stereocenters. The van der Waals surface area contributed by atoms with Crippen molar-refractivity contribution in [3.05, 3.63) is 11.6 Å². The van der Waals surface area contributed by atoms with Crippen molar-refractivity contribution < 1.29 is 4.79 Å². The second-order valence-corrected chi connectivity index (χ2v) is 6.63. The highest BCUT2D eigenvalue weighted by atomic mass is 16.2. The lowest BCUT2D eigenvalue weighted by atomic mass is 9.96. The number of aromatic amines is 1. The van der Waals surface area contributed by atoms with Crippen LogP contribution in [0.15, 0.2) is 0 Å². The number of nitrogens with zero attached hydrogens (tertiary/aromatic N) is 3. The number of rotatable bonds is 3. The molecule has 3 fully saturated rings. The van der Waals surface area contributed by atoms with Crippen LogP contribution >= 0.6 is 0 Å². The summed E-state index contributed by atoms with van der Waals surface area (Å²) in [5.74, 6) is 3.14. The highest BCUT2D eigenvalue weighted by Gasteiger charge is 2.33. The zero-order valence-electron chi connectivity index (χ0n) is 12.3. The van der Waals surface area contributed by atoms with Gasteiger partial charge in [-0.2, -0.15) is 5.10 Å². The Morgan fingerprint density at radius 3 is 2.81 bits per heavy atom. The fourth-order valence-corrected chi connectivity index (χ4v) is 3.51. The van der Waals surface area contributed by atoms with E-state index < -0.39 is 0 Å². The number of aromatic nitrogens is 3. The van der Waals surface area contributed by atoms with E-state index in [2.05, 4.69) is 20.5 Å². The first-order valence-electron chi connectivity index (χ1n) is 8.25. The molecule has 1 aromatic rings. The molecule has 0 spiro atoms. The number of amides is 1. The SMILES string of the molecule is O=C(C1CCCN1)N1CCCC(c2n[nH]c(C3CC3)n2)C1. The Labute approximate surface area is 124 Å². The molecule has 3 heterocycles. The van der Waals surface area contributed by atoms with Gasteiger partial charge in [0.2, 0.25) is 5.91 Å². The number of hydrogen-bond acceptors (Lipinski definition) is 4. The van der Waals surface area contributed by atoms with Gasteiger partial charge in [0.1, 0.15) is 5.82 Å². The summed E-state index contributed by atoms with van der Waals surface area (Å²) in [6, 6.07) is 0.0397. The quantitative estimate of drug-likeness (QED) is 0.875. The number of carbonyl (C=O) groups excluding carboxylic acids is 1. The summed E-state index contributed by atoms with van der Waals surface area (Å²) in [6.45, 7) is 2.63. The second kappa shape index (κ2) is 5.40. The summed E-state index contributed by atoms with van der Waals surface area (Å²) >= 11 is 0. The van der Waals surface area contributed by atoms with Crippen LogP contribution in [0.4, 0.5) is 0 Å². The number of hydrogen-bond donors (Lipinski definition) is 2. The standard InChI is InChI=1S/C15H23N5O/c21-15(12-4-1-7-16-12)20-8-2-3-11(9-20)14-17-13(18-19-14)10-5-6-10/h10-12,16H,1-9H2,(H,17,18,19). The van der Waals surface area contributed by atoms with Gasteiger partial charge in [0.15, 0.2) is 5.82 Å². The van der Waals surface area contributed by atoms with E-state index in [1.807, 2.05) is 4.90 Å². The fourth-order valence-electron chi connectivity index (χ4n) is 3.51. The van der Waals surface area contributed by atoms with Gasteiger partial charge in [0.05, 0.1) is 6.04 Å². The van der Waals surface area contributed by atoms with E-state index in [0.29, 0.717) is 11.8 Å². The molecule has 0 bridgehead atoms. The molecule has 2 aliphatic heterocycles. The van der Waals surface area contributed by atoms with Crippen molar-refractivity contribution in [1.29, 1.82) is 0 Å². The molecule has 6 heteroatoms. The lowest BCUT2D eigenvalue weighted by Crippen LogP contribution is -2.47. The molecular formula is C15H23N5O. The number of carbonyl (C=O) groups is 1. The van der Waals surface area contributed by atoms with Crippen LogP contribution in [0, 0.1) is 0 Å². The number of H-pyrrole nitrogens is 1. The minimum absolute atomic E-state index is 0.0397. The first kappa shape index (κ1) is 13.2. The van der Waals surface area contributed by atoms with Crippen LogP contribution in [0.25, 0.3) is 0 Å². The van der Waals surface area contributed by atoms with E-state index in [4.69, 9.17) is 0 Å². The predicted molar refractivity (Wildman–Crippen MR) is 77.9 cm³/mol. The van der Waals surface area contributed by atoms with Crippen molar-refractivity contribution in [3.8, 4) is 0 Å². The lowest BCUT2D eigenvalue weighted by molar-refractivity contribution is -0.134. The van der Waals surface area contributed by atoms with Gasteiger partial charge in [-0.15, -0.1) is 0 Å². The summed E-state index contributed by atoms with van der Waals surface area (Å²) in [7, 11) is 0. The Kier molecular flexibility index (Phi) is 3.41. The van der Waals surface area contributed by atoms with E-state index in [-0.39, 0.29) is 11.9 Å². The zero-order valence-corrected chi connectivity index (χ0v) is 12.3. The smallest absolute Gasteiger partial charge is 0.239 e. The number of nitrogens with one attached hydrogen (secondary N) is 2. The van der Waals surface area contributed by atoms with E-state index in [9.17, 15) is 4.79 Å².